The van der Waals surface area contributed by atoms with Crippen LogP contribution in [0.5, 0.6) is 0 Å². The van der Waals surface area contributed by atoms with Gasteiger partial charge in [-0.15, -0.1) is 0 Å². The number of allylic oxidation sites excluding steroid dienone is 1. The van der Waals surface area contributed by atoms with Crippen LogP contribution in [0.1, 0.15) is 41.0 Å². The molecule has 14 heavy (non-hydrogen) atoms. The van der Waals surface area contributed by atoms with Crippen molar-refractivity contribution in [1.82, 2.24) is 0 Å². The second-order valence-electron chi connectivity index (χ2n) is 3.79. The van der Waals surface area contributed by atoms with Crippen molar-refractivity contribution in [2.24, 2.45) is 0 Å². The Balaban J connectivity index is 4.74. The third kappa shape index (κ3) is 3.48. The summed E-state index contributed by atoms with van der Waals surface area (Å²) in [5.41, 5.74) is 0. The van der Waals surface area contributed by atoms with Gasteiger partial charge >= 0.3 is 93.9 Å². The van der Waals surface area contributed by atoms with Crippen LogP contribution in [-0.2, 0) is 4.74 Å². The summed E-state index contributed by atoms with van der Waals surface area (Å²) in [5.74, 6) is 0. The predicted molar refractivity (Wildman–Crippen MR) is 67.2 cm³/mol. The van der Waals surface area contributed by atoms with Crippen molar-refractivity contribution in [3.63, 3.8) is 0 Å². The third-order valence-corrected chi connectivity index (χ3v) is 20.3. The zero-order valence-electron chi connectivity index (χ0n) is 10.5. The monoisotopic (exact) mass is 306 g/mol. The van der Waals surface area contributed by atoms with E-state index in [1.165, 1.54) is 19.7 Å². The van der Waals surface area contributed by atoms with E-state index in [1.54, 1.807) is 3.59 Å². The molecule has 1 nitrogen and oxygen atoms in total. The van der Waals surface area contributed by atoms with E-state index in [-0.39, 0.29) is 0 Å². The SMILES string of the molecule is CCO/C=[C](/CC)[Sn]([CH2]C)([CH2]C)[CH2]C. The molecule has 0 aromatic heterocycles. The molecule has 0 aliphatic rings. The molecular formula is C12H26OSn. The molecule has 0 aliphatic carbocycles. The third-order valence-electron chi connectivity index (χ3n) is 3.48. The van der Waals surface area contributed by atoms with Crippen LogP contribution in [0.2, 0.25) is 13.3 Å². The quantitative estimate of drug-likeness (QED) is 0.501. The van der Waals surface area contributed by atoms with Crippen molar-refractivity contribution in [3.8, 4) is 0 Å². The fourth-order valence-electron chi connectivity index (χ4n) is 2.20. The first-order chi connectivity index (χ1) is 6.70. The van der Waals surface area contributed by atoms with E-state index in [4.69, 9.17) is 4.74 Å². The molecular weight excluding hydrogens is 279 g/mol. The summed E-state index contributed by atoms with van der Waals surface area (Å²) >= 11 is -1.93. The van der Waals surface area contributed by atoms with Gasteiger partial charge < -0.3 is 0 Å². The van der Waals surface area contributed by atoms with Gasteiger partial charge in [0.1, 0.15) is 0 Å². The summed E-state index contributed by atoms with van der Waals surface area (Å²) in [5, 5.41) is 0. The summed E-state index contributed by atoms with van der Waals surface area (Å²) in [6.45, 7) is 12.3. The van der Waals surface area contributed by atoms with E-state index in [2.05, 4.69) is 40.9 Å². The first-order valence-corrected chi connectivity index (χ1v) is 13.5. The molecule has 0 bridgehead atoms. The van der Waals surface area contributed by atoms with E-state index >= 15 is 0 Å². The van der Waals surface area contributed by atoms with E-state index in [1.807, 2.05) is 0 Å². The van der Waals surface area contributed by atoms with Gasteiger partial charge in [-0.05, 0) is 0 Å². The van der Waals surface area contributed by atoms with Crippen molar-refractivity contribution in [1.29, 1.82) is 0 Å². The number of ether oxygens (including phenoxy) is 1. The molecule has 0 aliphatic heterocycles. The molecule has 0 aromatic carbocycles. The second kappa shape index (κ2) is 7.61. The Labute approximate surface area is 93.8 Å². The number of hydrogen-bond acceptors (Lipinski definition) is 1. The molecule has 2 heteroatoms. The van der Waals surface area contributed by atoms with Crippen molar-refractivity contribution in [3.05, 3.63) is 9.85 Å². The molecule has 0 heterocycles. The Morgan fingerprint density at radius 1 is 1.00 bits per heavy atom. The first-order valence-electron chi connectivity index (χ1n) is 6.01. The number of rotatable bonds is 7. The van der Waals surface area contributed by atoms with Crippen molar-refractivity contribution >= 4 is 18.4 Å². The zero-order valence-corrected chi connectivity index (χ0v) is 13.4. The Bertz CT molecular complexity index is 163. The van der Waals surface area contributed by atoms with Gasteiger partial charge in [-0.2, -0.15) is 0 Å². The second-order valence-corrected chi connectivity index (χ2v) is 19.0. The summed E-state index contributed by atoms with van der Waals surface area (Å²) in [7, 11) is 0. The van der Waals surface area contributed by atoms with Gasteiger partial charge in [-0.3, -0.25) is 0 Å². The Morgan fingerprint density at radius 3 is 1.79 bits per heavy atom. The molecule has 0 amide bonds. The van der Waals surface area contributed by atoms with Gasteiger partial charge in [0.2, 0.25) is 0 Å². The fraction of sp³-hybridized carbons (Fsp3) is 0.833. The van der Waals surface area contributed by atoms with E-state index in [9.17, 15) is 0 Å². The van der Waals surface area contributed by atoms with Gasteiger partial charge in [0.05, 0.1) is 0 Å². The summed E-state index contributed by atoms with van der Waals surface area (Å²) in [6, 6.07) is 0. The molecule has 0 atom stereocenters. The molecule has 0 fully saturated rings. The molecule has 0 unspecified atom stereocenters. The van der Waals surface area contributed by atoms with E-state index in [0.717, 1.165) is 6.61 Å². The minimum absolute atomic E-state index is 0.808. The summed E-state index contributed by atoms with van der Waals surface area (Å²) < 4.78 is 11.5. The topological polar surface area (TPSA) is 9.23 Å². The van der Waals surface area contributed by atoms with Crippen molar-refractivity contribution < 1.29 is 4.74 Å². The molecule has 0 saturated carbocycles. The standard InChI is InChI=1S/C6H11O.3C2H5.Sn/c1-3-5-6-7-4-2;3*1-2;/h6H,3-4H2,1-2H3;3*1H2,2H3;. The Morgan fingerprint density at radius 2 is 1.50 bits per heavy atom. The van der Waals surface area contributed by atoms with E-state index < -0.39 is 18.4 Å². The average Bonchev–Trinajstić information content (AvgIpc) is 2.25. The maximum absolute atomic E-state index is 5.49. The average molecular weight is 305 g/mol. The van der Waals surface area contributed by atoms with Crippen LogP contribution in [0.4, 0.5) is 0 Å². The van der Waals surface area contributed by atoms with Gasteiger partial charge in [-0.25, -0.2) is 0 Å². The Hall–Kier alpha value is 0.339. The molecule has 0 aromatic rings. The van der Waals surface area contributed by atoms with Gasteiger partial charge in [0, 0.05) is 0 Å². The number of hydrogen-bond donors (Lipinski definition) is 0. The van der Waals surface area contributed by atoms with Crippen LogP contribution >= 0.6 is 0 Å². The first kappa shape index (κ1) is 14.3. The van der Waals surface area contributed by atoms with Gasteiger partial charge in [0.15, 0.2) is 0 Å². The minimum atomic E-state index is -1.93. The van der Waals surface area contributed by atoms with Crippen LogP contribution in [0.25, 0.3) is 0 Å². The molecule has 0 rings (SSSR count). The predicted octanol–water partition coefficient (Wildman–Crippen LogP) is 4.36. The fourth-order valence-corrected chi connectivity index (χ4v) is 13.5. The Kier molecular flexibility index (Phi) is 7.79. The summed E-state index contributed by atoms with van der Waals surface area (Å²) in [4.78, 5) is 0. The molecule has 0 saturated heterocycles. The van der Waals surface area contributed by atoms with Crippen LogP contribution in [-0.4, -0.2) is 25.0 Å². The van der Waals surface area contributed by atoms with Gasteiger partial charge in [0.25, 0.3) is 0 Å². The van der Waals surface area contributed by atoms with Crippen LogP contribution < -0.4 is 0 Å². The molecule has 0 radical (unpaired) electrons. The molecule has 0 N–H and O–H groups in total. The van der Waals surface area contributed by atoms with Crippen molar-refractivity contribution in [2.45, 2.75) is 54.3 Å². The van der Waals surface area contributed by atoms with Crippen LogP contribution in [0.3, 0.4) is 0 Å². The summed E-state index contributed by atoms with van der Waals surface area (Å²) in [6.07, 6.45) is 3.29. The normalized spacial score (nSPS) is 13.1. The van der Waals surface area contributed by atoms with Crippen LogP contribution in [0, 0.1) is 0 Å². The van der Waals surface area contributed by atoms with Crippen molar-refractivity contribution in [2.75, 3.05) is 6.61 Å². The zero-order chi connectivity index (χ0) is 11.0. The van der Waals surface area contributed by atoms with Gasteiger partial charge in [-0.1, -0.05) is 0 Å². The molecule has 0 spiro atoms. The maximum atomic E-state index is 5.49. The molecule has 84 valence electrons. The van der Waals surface area contributed by atoms with Crippen LogP contribution in [0.15, 0.2) is 9.85 Å². The van der Waals surface area contributed by atoms with E-state index in [0.29, 0.717) is 0 Å².